The van der Waals surface area contributed by atoms with Crippen LogP contribution >= 0.6 is 0 Å². The number of carbonyl (C=O) groups excluding carboxylic acids is 1. The topological polar surface area (TPSA) is 20.1 Å². The minimum atomic E-state index is -0.389. The molecule has 13 heavy (non-hydrogen) atoms. The van der Waals surface area contributed by atoms with Gasteiger partial charge in [-0.25, -0.2) is 4.39 Å². The zero-order chi connectivity index (χ0) is 9.42. The molecule has 1 saturated heterocycles. The molecule has 1 aromatic rings. The van der Waals surface area contributed by atoms with Crippen LogP contribution in [0.5, 0.6) is 0 Å². The lowest BCUT2D eigenvalue weighted by molar-refractivity contribution is 0.0881. The zero-order valence-electron chi connectivity index (χ0n) is 7.38. The molecule has 1 aromatic carbocycles. The van der Waals surface area contributed by atoms with Crippen molar-refractivity contribution in [1.29, 1.82) is 0 Å². The molecule has 2 nitrogen and oxygen atoms in total. The molecule has 0 radical (unpaired) electrons. The van der Waals surface area contributed by atoms with Gasteiger partial charge < -0.3 is 4.90 Å². The van der Waals surface area contributed by atoms with E-state index in [4.69, 9.17) is 0 Å². The van der Waals surface area contributed by atoms with Crippen LogP contribution in [0.4, 0.5) is 4.39 Å². The van der Waals surface area contributed by atoms with Crippen molar-refractivity contribution in [2.75, 3.05) is 13.1 Å². The molecule has 0 atom stereocenters. The molecule has 1 aliphatic heterocycles. The molecule has 1 aliphatic rings. The lowest BCUT2D eigenvalue weighted by Crippen LogP contribution is -2.13. The number of rotatable bonds is 1. The molecule has 1 heterocycles. The normalized spacial score (nSPS) is 14.5. The van der Waals surface area contributed by atoms with Gasteiger partial charge in [0.25, 0.3) is 5.91 Å². The predicted molar refractivity (Wildman–Crippen MR) is 47.0 cm³/mol. The number of nitrogens with zero attached hydrogens (tertiary/aromatic N) is 1. The molecule has 0 N–H and O–H groups in total. The van der Waals surface area contributed by atoms with Gasteiger partial charge >= 0.3 is 0 Å². The molecule has 0 saturated carbocycles. The lowest BCUT2D eigenvalue weighted by atomic mass is 10.1. The summed E-state index contributed by atoms with van der Waals surface area (Å²) in [5.41, 5.74) is 0.713. The van der Waals surface area contributed by atoms with E-state index in [1.54, 1.807) is 24.0 Å². The monoisotopic (exact) mass is 179 g/mol. The van der Waals surface area contributed by atoms with Crippen molar-refractivity contribution in [3.05, 3.63) is 35.1 Å². The van der Waals surface area contributed by atoms with E-state index in [2.05, 4.69) is 0 Å². The van der Waals surface area contributed by atoms with E-state index in [0.29, 0.717) is 5.56 Å². The summed E-state index contributed by atoms with van der Waals surface area (Å²) in [6.07, 6.45) is 0. The van der Waals surface area contributed by atoms with E-state index in [1.165, 1.54) is 6.07 Å². The minimum absolute atomic E-state index is 0.192. The Kier molecular flexibility index (Phi) is 1.79. The second kappa shape index (κ2) is 2.83. The summed E-state index contributed by atoms with van der Waals surface area (Å²) in [6, 6.07) is 4.90. The average Bonchev–Trinajstić information content (AvgIpc) is 2.91. The summed E-state index contributed by atoms with van der Waals surface area (Å²) in [5, 5.41) is 0. The van der Waals surface area contributed by atoms with E-state index in [1.807, 2.05) is 0 Å². The fourth-order valence-corrected chi connectivity index (χ4v) is 1.24. The first kappa shape index (κ1) is 8.23. The number of amides is 1. The fourth-order valence-electron chi connectivity index (χ4n) is 1.24. The van der Waals surface area contributed by atoms with Crippen LogP contribution in [0.3, 0.4) is 0 Å². The summed E-state index contributed by atoms with van der Waals surface area (Å²) in [6.45, 7) is 3.17. The van der Waals surface area contributed by atoms with E-state index >= 15 is 0 Å². The maximum absolute atomic E-state index is 13.4. The molecule has 0 unspecified atom stereocenters. The van der Waals surface area contributed by atoms with E-state index in [-0.39, 0.29) is 17.3 Å². The van der Waals surface area contributed by atoms with Crippen LogP contribution < -0.4 is 0 Å². The Morgan fingerprint density at radius 3 is 2.77 bits per heavy atom. The maximum Gasteiger partial charge on any atom is 0.256 e. The molecule has 2 rings (SSSR count). The van der Waals surface area contributed by atoms with Crippen LogP contribution in [0.15, 0.2) is 18.2 Å². The van der Waals surface area contributed by atoms with E-state index < -0.39 is 0 Å². The first-order valence-electron chi connectivity index (χ1n) is 4.24. The van der Waals surface area contributed by atoms with Gasteiger partial charge in [0.05, 0.1) is 5.56 Å². The third-order valence-electron chi connectivity index (χ3n) is 2.16. The molecule has 68 valence electrons. The first-order valence-corrected chi connectivity index (χ1v) is 4.24. The van der Waals surface area contributed by atoms with Crippen molar-refractivity contribution in [3.63, 3.8) is 0 Å². The summed E-state index contributed by atoms with van der Waals surface area (Å²) >= 11 is 0. The van der Waals surface area contributed by atoms with Gasteiger partial charge in [-0.2, -0.15) is 0 Å². The molecular formula is C10H10FNO. The molecule has 3 heteroatoms. The Balaban J connectivity index is 2.38. The van der Waals surface area contributed by atoms with Crippen LogP contribution in [0.2, 0.25) is 0 Å². The largest absolute Gasteiger partial charge is 0.335 e. The second-order valence-corrected chi connectivity index (χ2v) is 3.23. The van der Waals surface area contributed by atoms with Gasteiger partial charge in [0.15, 0.2) is 0 Å². The number of hydrogen-bond donors (Lipinski definition) is 0. The highest BCUT2D eigenvalue weighted by Crippen LogP contribution is 2.17. The van der Waals surface area contributed by atoms with E-state index in [0.717, 1.165) is 13.1 Å². The van der Waals surface area contributed by atoms with Gasteiger partial charge in [0.2, 0.25) is 0 Å². The number of carbonyl (C=O) groups is 1. The Morgan fingerprint density at radius 2 is 2.15 bits per heavy atom. The van der Waals surface area contributed by atoms with Gasteiger partial charge in [-0.15, -0.1) is 0 Å². The highest BCUT2D eigenvalue weighted by Gasteiger charge is 2.27. The number of benzene rings is 1. The summed E-state index contributed by atoms with van der Waals surface area (Å²) < 4.78 is 13.4. The highest BCUT2D eigenvalue weighted by atomic mass is 19.1. The fraction of sp³-hybridized carbons (Fsp3) is 0.300. The van der Waals surface area contributed by atoms with Crippen molar-refractivity contribution in [2.45, 2.75) is 6.92 Å². The lowest BCUT2D eigenvalue weighted by Gasteiger charge is -2.04. The SMILES string of the molecule is Cc1cccc(C(=O)N2CC2)c1F. The second-order valence-electron chi connectivity index (χ2n) is 3.23. The third kappa shape index (κ3) is 1.41. The van der Waals surface area contributed by atoms with Crippen molar-refractivity contribution in [3.8, 4) is 0 Å². The third-order valence-corrected chi connectivity index (χ3v) is 2.16. The molecule has 0 aromatic heterocycles. The quantitative estimate of drug-likeness (QED) is 0.599. The standard InChI is InChI=1S/C10H10FNO/c1-7-3-2-4-8(9(7)11)10(13)12-5-6-12/h2-4H,5-6H2,1H3. The number of hydrogen-bond acceptors (Lipinski definition) is 1. The maximum atomic E-state index is 13.4. The Labute approximate surface area is 76.0 Å². The van der Waals surface area contributed by atoms with Gasteiger partial charge in [0, 0.05) is 13.1 Å². The first-order chi connectivity index (χ1) is 6.20. The Morgan fingerprint density at radius 1 is 1.46 bits per heavy atom. The van der Waals surface area contributed by atoms with Crippen LogP contribution in [0.1, 0.15) is 15.9 Å². The van der Waals surface area contributed by atoms with Crippen LogP contribution in [0.25, 0.3) is 0 Å². The van der Waals surface area contributed by atoms with Crippen molar-refractivity contribution in [1.82, 2.24) is 4.90 Å². The predicted octanol–water partition coefficient (Wildman–Crippen LogP) is 1.59. The van der Waals surface area contributed by atoms with Gasteiger partial charge in [-0.3, -0.25) is 4.79 Å². The smallest absolute Gasteiger partial charge is 0.256 e. The molecule has 0 bridgehead atoms. The minimum Gasteiger partial charge on any atom is -0.335 e. The average molecular weight is 179 g/mol. The summed E-state index contributed by atoms with van der Waals surface area (Å²) in [5.74, 6) is -0.583. The van der Waals surface area contributed by atoms with Gasteiger partial charge in [-0.1, -0.05) is 12.1 Å². The number of aryl methyl sites for hydroxylation is 1. The van der Waals surface area contributed by atoms with Crippen molar-refractivity contribution >= 4 is 5.91 Å². The Bertz CT molecular complexity index is 358. The van der Waals surface area contributed by atoms with E-state index in [9.17, 15) is 9.18 Å². The van der Waals surface area contributed by atoms with Crippen LogP contribution in [0, 0.1) is 12.7 Å². The molecule has 0 spiro atoms. The molecule has 0 aliphatic carbocycles. The van der Waals surface area contributed by atoms with Crippen molar-refractivity contribution in [2.24, 2.45) is 0 Å². The summed E-state index contributed by atoms with van der Waals surface area (Å²) in [4.78, 5) is 13.1. The molecule has 1 amide bonds. The Hall–Kier alpha value is -1.38. The van der Waals surface area contributed by atoms with Crippen LogP contribution in [-0.4, -0.2) is 23.9 Å². The zero-order valence-corrected chi connectivity index (χ0v) is 7.38. The molecule has 1 fully saturated rings. The van der Waals surface area contributed by atoms with Gasteiger partial charge in [0.1, 0.15) is 5.82 Å². The summed E-state index contributed by atoms with van der Waals surface area (Å²) in [7, 11) is 0. The van der Waals surface area contributed by atoms with Crippen LogP contribution in [-0.2, 0) is 0 Å². The number of halogens is 1. The van der Waals surface area contributed by atoms with Gasteiger partial charge in [-0.05, 0) is 18.6 Å². The highest BCUT2D eigenvalue weighted by molar-refractivity contribution is 5.96. The van der Waals surface area contributed by atoms with Crippen molar-refractivity contribution < 1.29 is 9.18 Å². The molecular weight excluding hydrogens is 169 g/mol.